The fourth-order valence-electron chi connectivity index (χ4n) is 2.06. The molecule has 2 rings (SSSR count). The van der Waals surface area contributed by atoms with Gasteiger partial charge in [-0.3, -0.25) is 4.68 Å². The van der Waals surface area contributed by atoms with Gasteiger partial charge in [0.15, 0.2) is 0 Å². The lowest BCUT2D eigenvalue weighted by Crippen LogP contribution is -2.21. The molecule has 0 bridgehead atoms. The van der Waals surface area contributed by atoms with Crippen LogP contribution in [0, 0.1) is 0 Å². The van der Waals surface area contributed by atoms with E-state index in [0.29, 0.717) is 6.04 Å². The van der Waals surface area contributed by atoms with Gasteiger partial charge in [0.25, 0.3) is 0 Å². The van der Waals surface area contributed by atoms with Gasteiger partial charge in [0.2, 0.25) is 0 Å². The van der Waals surface area contributed by atoms with Crippen molar-refractivity contribution in [3.63, 3.8) is 0 Å². The molecule has 0 amide bonds. The molecule has 2 heterocycles. The third kappa shape index (κ3) is 3.02. The van der Waals surface area contributed by atoms with Crippen LogP contribution in [0.15, 0.2) is 22.0 Å². The molecule has 0 radical (unpaired) electrons. The van der Waals surface area contributed by atoms with Crippen LogP contribution in [0.1, 0.15) is 29.2 Å². The standard InChI is InChI=1S/C13H18BrN3S/c1-4-10-6-13(17(3)16-10)12(15-2)7-11-5-9(14)8-18-11/h5-6,8,12,15H,4,7H2,1-3H3. The maximum Gasteiger partial charge on any atom is 0.0625 e. The number of rotatable bonds is 5. The lowest BCUT2D eigenvalue weighted by Gasteiger charge is -2.15. The van der Waals surface area contributed by atoms with Crippen LogP contribution in [0.2, 0.25) is 0 Å². The van der Waals surface area contributed by atoms with Crippen LogP contribution < -0.4 is 5.32 Å². The molecule has 1 atom stereocenters. The SMILES string of the molecule is CCc1cc(C(Cc2cc(Br)cs2)NC)n(C)n1. The largest absolute Gasteiger partial charge is 0.311 e. The fraction of sp³-hybridized carbons (Fsp3) is 0.462. The lowest BCUT2D eigenvalue weighted by molar-refractivity contribution is 0.539. The molecule has 5 heteroatoms. The Morgan fingerprint density at radius 1 is 1.50 bits per heavy atom. The molecule has 1 N–H and O–H groups in total. The summed E-state index contributed by atoms with van der Waals surface area (Å²) in [6.45, 7) is 2.14. The second kappa shape index (κ2) is 5.99. The molecule has 3 nitrogen and oxygen atoms in total. The average molecular weight is 328 g/mol. The molecule has 0 aliphatic heterocycles. The quantitative estimate of drug-likeness (QED) is 0.913. The Morgan fingerprint density at radius 3 is 2.78 bits per heavy atom. The maximum atomic E-state index is 4.52. The Hall–Kier alpha value is -0.650. The van der Waals surface area contributed by atoms with Crippen LogP contribution >= 0.6 is 27.3 Å². The van der Waals surface area contributed by atoms with Gasteiger partial charge in [-0.25, -0.2) is 0 Å². The Morgan fingerprint density at radius 2 is 2.28 bits per heavy atom. The van der Waals surface area contributed by atoms with Gasteiger partial charge in [0, 0.05) is 28.2 Å². The second-order valence-electron chi connectivity index (χ2n) is 4.31. The fourth-order valence-corrected chi connectivity index (χ4v) is 3.56. The Balaban J connectivity index is 2.19. The highest BCUT2D eigenvalue weighted by molar-refractivity contribution is 9.10. The van der Waals surface area contributed by atoms with Gasteiger partial charge >= 0.3 is 0 Å². The summed E-state index contributed by atoms with van der Waals surface area (Å²) >= 11 is 5.29. The van der Waals surface area contributed by atoms with E-state index in [1.807, 2.05) is 18.8 Å². The first-order valence-electron chi connectivity index (χ1n) is 6.07. The van der Waals surface area contributed by atoms with E-state index in [1.165, 1.54) is 10.6 Å². The Bertz CT molecular complexity index is 518. The van der Waals surface area contributed by atoms with Crippen LogP contribution in [0.5, 0.6) is 0 Å². The average Bonchev–Trinajstić information content (AvgIpc) is 2.92. The molecular formula is C13H18BrN3S. The highest BCUT2D eigenvalue weighted by Gasteiger charge is 2.16. The van der Waals surface area contributed by atoms with Gasteiger partial charge in [-0.05, 0) is 41.5 Å². The monoisotopic (exact) mass is 327 g/mol. The number of thiophene rings is 1. The van der Waals surface area contributed by atoms with Gasteiger partial charge in [-0.2, -0.15) is 5.10 Å². The number of hydrogen-bond acceptors (Lipinski definition) is 3. The first-order valence-corrected chi connectivity index (χ1v) is 7.74. The van der Waals surface area contributed by atoms with Gasteiger partial charge in [0.05, 0.1) is 17.4 Å². The van der Waals surface area contributed by atoms with Crippen molar-refractivity contribution in [2.75, 3.05) is 7.05 Å². The minimum Gasteiger partial charge on any atom is -0.311 e. The normalized spacial score (nSPS) is 12.9. The zero-order valence-corrected chi connectivity index (χ0v) is 13.3. The van der Waals surface area contributed by atoms with Crippen molar-refractivity contribution in [2.45, 2.75) is 25.8 Å². The zero-order chi connectivity index (χ0) is 13.1. The van der Waals surface area contributed by atoms with Crippen molar-refractivity contribution in [3.8, 4) is 0 Å². The molecule has 0 aliphatic rings. The molecule has 1 unspecified atom stereocenters. The highest BCUT2D eigenvalue weighted by atomic mass is 79.9. The van der Waals surface area contributed by atoms with E-state index in [-0.39, 0.29) is 0 Å². The molecule has 98 valence electrons. The molecular weight excluding hydrogens is 310 g/mol. The molecule has 0 saturated heterocycles. The first kappa shape index (κ1) is 13.8. The van der Waals surface area contributed by atoms with Crippen molar-refractivity contribution < 1.29 is 0 Å². The number of aryl methyl sites for hydroxylation is 2. The van der Waals surface area contributed by atoms with Crippen LogP contribution in [-0.4, -0.2) is 16.8 Å². The van der Waals surface area contributed by atoms with E-state index < -0.39 is 0 Å². The summed E-state index contributed by atoms with van der Waals surface area (Å²) < 4.78 is 3.15. The topological polar surface area (TPSA) is 29.9 Å². The molecule has 0 aliphatic carbocycles. The first-order chi connectivity index (χ1) is 8.63. The minimum absolute atomic E-state index is 0.313. The highest BCUT2D eigenvalue weighted by Crippen LogP contribution is 2.25. The van der Waals surface area contributed by atoms with E-state index >= 15 is 0 Å². The number of nitrogens with one attached hydrogen (secondary N) is 1. The van der Waals surface area contributed by atoms with Crippen LogP contribution in [0.3, 0.4) is 0 Å². The number of nitrogens with zero attached hydrogens (tertiary/aromatic N) is 2. The van der Waals surface area contributed by atoms with Crippen molar-refractivity contribution >= 4 is 27.3 Å². The van der Waals surface area contributed by atoms with Crippen molar-refractivity contribution in [1.29, 1.82) is 0 Å². The van der Waals surface area contributed by atoms with Gasteiger partial charge < -0.3 is 5.32 Å². The summed E-state index contributed by atoms with van der Waals surface area (Å²) in [6, 6.07) is 4.70. The van der Waals surface area contributed by atoms with E-state index in [2.05, 4.69) is 50.8 Å². The van der Waals surface area contributed by atoms with E-state index in [4.69, 9.17) is 0 Å². The van der Waals surface area contributed by atoms with Crippen molar-refractivity contribution in [1.82, 2.24) is 15.1 Å². The number of aromatic nitrogens is 2. The summed E-state index contributed by atoms with van der Waals surface area (Å²) in [5.41, 5.74) is 2.40. The third-order valence-electron chi connectivity index (χ3n) is 3.06. The molecule has 2 aromatic rings. The van der Waals surface area contributed by atoms with Crippen LogP contribution in [-0.2, 0) is 19.9 Å². The zero-order valence-electron chi connectivity index (χ0n) is 10.9. The van der Waals surface area contributed by atoms with E-state index in [9.17, 15) is 0 Å². The van der Waals surface area contributed by atoms with E-state index in [1.54, 1.807) is 11.3 Å². The third-order valence-corrected chi connectivity index (χ3v) is 4.78. The Kier molecular flexibility index (Phi) is 4.59. The van der Waals surface area contributed by atoms with Crippen LogP contribution in [0.4, 0.5) is 0 Å². The molecule has 2 aromatic heterocycles. The summed E-state index contributed by atoms with van der Waals surface area (Å²) in [4.78, 5) is 1.38. The summed E-state index contributed by atoms with van der Waals surface area (Å²) in [5, 5.41) is 10.0. The van der Waals surface area contributed by atoms with E-state index in [0.717, 1.165) is 23.0 Å². The minimum atomic E-state index is 0.313. The van der Waals surface area contributed by atoms with Gasteiger partial charge in [-0.1, -0.05) is 6.92 Å². The number of hydrogen-bond donors (Lipinski definition) is 1. The summed E-state index contributed by atoms with van der Waals surface area (Å²) in [5.74, 6) is 0. The number of likely N-dealkylation sites (N-methyl/N-ethyl adjacent to an activating group) is 1. The predicted molar refractivity (Wildman–Crippen MR) is 80.1 cm³/mol. The van der Waals surface area contributed by atoms with Crippen LogP contribution in [0.25, 0.3) is 0 Å². The summed E-state index contributed by atoms with van der Waals surface area (Å²) in [7, 11) is 4.02. The van der Waals surface area contributed by atoms with Gasteiger partial charge in [0.1, 0.15) is 0 Å². The predicted octanol–water partition coefficient (Wildman–Crippen LogP) is 3.31. The van der Waals surface area contributed by atoms with Crippen molar-refractivity contribution in [2.24, 2.45) is 7.05 Å². The molecule has 0 aromatic carbocycles. The second-order valence-corrected chi connectivity index (χ2v) is 6.23. The lowest BCUT2D eigenvalue weighted by atomic mass is 10.1. The molecule has 0 fully saturated rings. The molecule has 0 saturated carbocycles. The summed E-state index contributed by atoms with van der Waals surface area (Å²) in [6.07, 6.45) is 1.98. The maximum absolute atomic E-state index is 4.52. The van der Waals surface area contributed by atoms with Crippen molar-refractivity contribution in [3.05, 3.63) is 38.3 Å². The van der Waals surface area contributed by atoms with Gasteiger partial charge in [-0.15, -0.1) is 11.3 Å². The molecule has 18 heavy (non-hydrogen) atoms. The molecule has 0 spiro atoms. The number of halogens is 1. The Labute approximate surface area is 120 Å². The smallest absolute Gasteiger partial charge is 0.0625 e.